The fourth-order valence-corrected chi connectivity index (χ4v) is 4.44. The van der Waals surface area contributed by atoms with Gasteiger partial charge in [-0.3, -0.25) is 10.1 Å². The molecular formula is C23H14Cl2N4OS. The minimum Gasteiger partial charge on any atom is -0.289 e. The summed E-state index contributed by atoms with van der Waals surface area (Å²) in [7, 11) is 0. The zero-order valence-electron chi connectivity index (χ0n) is 15.9. The molecule has 0 aliphatic heterocycles. The number of amides is 1. The lowest BCUT2D eigenvalue weighted by Crippen LogP contribution is -2.13. The monoisotopic (exact) mass is 464 g/mol. The molecular weight excluding hydrogens is 451 g/mol. The van der Waals surface area contributed by atoms with Crippen LogP contribution in [0.5, 0.6) is 0 Å². The van der Waals surface area contributed by atoms with Crippen molar-refractivity contribution < 1.29 is 4.79 Å². The third kappa shape index (κ3) is 3.93. The summed E-state index contributed by atoms with van der Waals surface area (Å²) < 4.78 is 1.65. The highest BCUT2D eigenvalue weighted by Gasteiger charge is 2.16. The van der Waals surface area contributed by atoms with Gasteiger partial charge in [0.05, 0.1) is 10.7 Å². The van der Waals surface area contributed by atoms with E-state index >= 15 is 0 Å². The maximum Gasteiger partial charge on any atom is 0.258 e. The van der Waals surface area contributed by atoms with Crippen LogP contribution >= 0.6 is 34.5 Å². The molecule has 5 rings (SSSR count). The Balaban J connectivity index is 1.39. The van der Waals surface area contributed by atoms with E-state index in [9.17, 15) is 4.79 Å². The number of nitrogens with zero attached hydrogens (tertiary/aromatic N) is 3. The van der Waals surface area contributed by atoms with Crippen LogP contribution in [0.1, 0.15) is 10.4 Å². The van der Waals surface area contributed by atoms with Crippen LogP contribution in [0.2, 0.25) is 10.0 Å². The summed E-state index contributed by atoms with van der Waals surface area (Å²) in [6.07, 6.45) is 0. The van der Waals surface area contributed by atoms with Crippen molar-refractivity contribution in [2.75, 3.05) is 5.32 Å². The summed E-state index contributed by atoms with van der Waals surface area (Å²) >= 11 is 13.9. The summed E-state index contributed by atoms with van der Waals surface area (Å²) in [6.45, 7) is 0. The van der Waals surface area contributed by atoms with E-state index in [1.54, 1.807) is 34.8 Å². The number of anilines is 1. The van der Waals surface area contributed by atoms with E-state index in [0.717, 1.165) is 22.4 Å². The molecule has 0 aliphatic carbocycles. The standard InChI is InChI=1S/C23H14Cl2N4OS/c24-17-10-11-19(25)18(12-17)20-13-31-23-27-22(28-29(20)23)26-21(30)16-8-6-15(7-9-16)14-4-2-1-3-5-14/h1-13H,(H,26,28,30). The Kier molecular flexibility index (Phi) is 5.19. The first kappa shape index (κ1) is 19.8. The second-order valence-corrected chi connectivity index (χ2v) is 8.45. The summed E-state index contributed by atoms with van der Waals surface area (Å²) in [4.78, 5) is 17.7. The molecule has 0 saturated heterocycles. The highest BCUT2D eigenvalue weighted by atomic mass is 35.5. The predicted octanol–water partition coefficient (Wildman–Crippen LogP) is 6.68. The molecule has 0 unspecified atom stereocenters. The Labute approximate surface area is 191 Å². The maximum absolute atomic E-state index is 12.7. The predicted molar refractivity (Wildman–Crippen MR) is 126 cm³/mol. The molecule has 31 heavy (non-hydrogen) atoms. The molecule has 0 fully saturated rings. The van der Waals surface area contributed by atoms with Gasteiger partial charge in [0.25, 0.3) is 11.9 Å². The van der Waals surface area contributed by atoms with Crippen molar-refractivity contribution in [3.8, 4) is 22.4 Å². The summed E-state index contributed by atoms with van der Waals surface area (Å²) in [5.74, 6) is -0.0522. The van der Waals surface area contributed by atoms with Crippen molar-refractivity contribution >= 4 is 51.4 Å². The Bertz CT molecular complexity index is 1390. The molecule has 0 atom stereocenters. The van der Waals surface area contributed by atoms with Gasteiger partial charge in [0, 0.05) is 21.5 Å². The summed E-state index contributed by atoms with van der Waals surface area (Å²) in [5, 5.41) is 10.2. The number of halogens is 2. The molecule has 0 spiro atoms. The first-order chi connectivity index (χ1) is 15.1. The summed E-state index contributed by atoms with van der Waals surface area (Å²) in [5.41, 5.74) is 4.17. The van der Waals surface area contributed by atoms with E-state index < -0.39 is 0 Å². The van der Waals surface area contributed by atoms with E-state index in [4.69, 9.17) is 23.2 Å². The molecule has 0 bridgehead atoms. The van der Waals surface area contributed by atoms with Gasteiger partial charge in [-0.1, -0.05) is 65.7 Å². The molecule has 1 N–H and O–H groups in total. The number of carbonyl (C=O) groups excluding carboxylic acids is 1. The van der Waals surface area contributed by atoms with Crippen molar-refractivity contribution in [2.45, 2.75) is 0 Å². The molecule has 2 aromatic heterocycles. The number of benzene rings is 3. The van der Waals surface area contributed by atoms with Crippen LogP contribution in [-0.4, -0.2) is 20.5 Å². The summed E-state index contributed by atoms with van der Waals surface area (Å²) in [6, 6.07) is 22.6. The van der Waals surface area contributed by atoms with Gasteiger partial charge in [-0.15, -0.1) is 16.4 Å². The number of thiazole rings is 1. The number of carbonyl (C=O) groups is 1. The van der Waals surface area contributed by atoms with Gasteiger partial charge in [0.2, 0.25) is 4.96 Å². The van der Waals surface area contributed by atoms with E-state index in [1.165, 1.54) is 11.3 Å². The van der Waals surface area contributed by atoms with Crippen LogP contribution < -0.4 is 5.32 Å². The first-order valence-corrected chi connectivity index (χ1v) is 11.0. The van der Waals surface area contributed by atoms with Crippen LogP contribution in [0.25, 0.3) is 27.3 Å². The normalized spacial score (nSPS) is 11.0. The third-order valence-electron chi connectivity index (χ3n) is 4.77. The third-order valence-corrected chi connectivity index (χ3v) is 6.15. The number of nitrogens with one attached hydrogen (secondary N) is 1. The van der Waals surface area contributed by atoms with Gasteiger partial charge in [0.15, 0.2) is 0 Å². The molecule has 0 radical (unpaired) electrons. The molecule has 1 amide bonds. The highest BCUT2D eigenvalue weighted by molar-refractivity contribution is 7.15. The minimum atomic E-state index is -0.278. The zero-order valence-corrected chi connectivity index (χ0v) is 18.2. The average molecular weight is 465 g/mol. The quantitative estimate of drug-likeness (QED) is 0.322. The Morgan fingerprint density at radius 3 is 2.45 bits per heavy atom. The van der Waals surface area contributed by atoms with E-state index in [1.807, 2.05) is 47.8 Å². The molecule has 0 saturated carbocycles. The second kappa shape index (κ2) is 8.15. The van der Waals surface area contributed by atoms with E-state index in [-0.39, 0.29) is 11.9 Å². The zero-order chi connectivity index (χ0) is 21.4. The molecule has 3 aromatic carbocycles. The van der Waals surface area contributed by atoms with Crippen LogP contribution in [-0.2, 0) is 0 Å². The maximum atomic E-state index is 12.7. The molecule has 152 valence electrons. The van der Waals surface area contributed by atoms with Crippen molar-refractivity contribution in [3.05, 3.63) is 93.8 Å². The lowest BCUT2D eigenvalue weighted by Gasteiger charge is -2.04. The fraction of sp³-hybridized carbons (Fsp3) is 0. The smallest absolute Gasteiger partial charge is 0.258 e. The van der Waals surface area contributed by atoms with Gasteiger partial charge in [-0.25, -0.2) is 4.52 Å². The van der Waals surface area contributed by atoms with Crippen molar-refractivity contribution in [2.24, 2.45) is 0 Å². The molecule has 5 nitrogen and oxygen atoms in total. The van der Waals surface area contributed by atoms with Crippen LogP contribution in [0, 0.1) is 0 Å². The number of hydrogen-bond donors (Lipinski definition) is 1. The fourth-order valence-electron chi connectivity index (χ4n) is 3.23. The Hall–Kier alpha value is -3.19. The minimum absolute atomic E-state index is 0.225. The molecule has 8 heteroatoms. The number of fused-ring (bicyclic) bond motifs is 1. The second-order valence-electron chi connectivity index (χ2n) is 6.77. The van der Waals surface area contributed by atoms with Crippen molar-refractivity contribution in [1.29, 1.82) is 0 Å². The molecule has 0 aliphatic rings. The Morgan fingerprint density at radius 2 is 1.68 bits per heavy atom. The van der Waals surface area contributed by atoms with Crippen molar-refractivity contribution in [3.63, 3.8) is 0 Å². The first-order valence-electron chi connectivity index (χ1n) is 9.35. The van der Waals surface area contributed by atoms with Crippen LogP contribution in [0.4, 0.5) is 5.95 Å². The SMILES string of the molecule is O=C(Nc1nc2scc(-c3cc(Cl)ccc3Cl)n2n1)c1ccc(-c2ccccc2)cc1. The lowest BCUT2D eigenvalue weighted by molar-refractivity contribution is 0.102. The van der Waals surface area contributed by atoms with Gasteiger partial charge >= 0.3 is 0 Å². The van der Waals surface area contributed by atoms with Crippen LogP contribution in [0.3, 0.4) is 0 Å². The largest absolute Gasteiger partial charge is 0.289 e. The van der Waals surface area contributed by atoms with Crippen molar-refractivity contribution in [1.82, 2.24) is 14.6 Å². The average Bonchev–Trinajstić information content (AvgIpc) is 3.36. The molecule has 5 aromatic rings. The topological polar surface area (TPSA) is 59.3 Å². The van der Waals surface area contributed by atoms with Gasteiger partial charge in [0.1, 0.15) is 0 Å². The van der Waals surface area contributed by atoms with Gasteiger partial charge in [-0.05, 0) is 41.5 Å². The van der Waals surface area contributed by atoms with Gasteiger partial charge in [-0.2, -0.15) is 4.98 Å². The molecule has 2 heterocycles. The Morgan fingerprint density at radius 1 is 0.935 bits per heavy atom. The van der Waals surface area contributed by atoms with E-state index in [2.05, 4.69) is 15.4 Å². The number of aromatic nitrogens is 3. The number of hydrogen-bond acceptors (Lipinski definition) is 4. The van der Waals surface area contributed by atoms with Crippen LogP contribution in [0.15, 0.2) is 78.2 Å². The number of rotatable bonds is 4. The lowest BCUT2D eigenvalue weighted by atomic mass is 10.0. The van der Waals surface area contributed by atoms with Gasteiger partial charge < -0.3 is 0 Å². The highest BCUT2D eigenvalue weighted by Crippen LogP contribution is 2.33. The van der Waals surface area contributed by atoms with E-state index in [0.29, 0.717) is 20.6 Å².